The van der Waals surface area contributed by atoms with Crippen LogP contribution in [0.1, 0.15) is 36.0 Å². The topological polar surface area (TPSA) is 52.3 Å². The summed E-state index contributed by atoms with van der Waals surface area (Å²) >= 11 is 0. The summed E-state index contributed by atoms with van der Waals surface area (Å²) in [4.78, 5) is 12.5. The monoisotopic (exact) mass is 265 g/mol. The lowest BCUT2D eigenvalue weighted by atomic mass is 9.75. The summed E-state index contributed by atoms with van der Waals surface area (Å²) in [6, 6.07) is 4.70. The third kappa shape index (κ3) is 2.78. The molecule has 0 aromatic heterocycles. The van der Waals surface area contributed by atoms with Gasteiger partial charge in [-0.3, -0.25) is 4.79 Å². The molecule has 1 saturated carbocycles. The van der Waals surface area contributed by atoms with E-state index in [1.54, 1.807) is 6.07 Å². The zero-order valence-electron chi connectivity index (χ0n) is 11.2. The maximum Gasteiger partial charge on any atom is 0.175 e. The van der Waals surface area contributed by atoms with E-state index in [4.69, 9.17) is 10.5 Å². The van der Waals surface area contributed by atoms with Crippen LogP contribution in [0.5, 0.6) is 5.75 Å². The van der Waals surface area contributed by atoms with Crippen molar-refractivity contribution in [2.45, 2.75) is 25.7 Å². The van der Waals surface area contributed by atoms with Gasteiger partial charge < -0.3 is 10.5 Å². The number of carbonyl (C=O) groups is 1. The Kier molecular flexibility index (Phi) is 4.53. The van der Waals surface area contributed by atoms with Gasteiger partial charge in [-0.2, -0.15) is 0 Å². The quantitative estimate of drug-likeness (QED) is 0.852. The molecule has 19 heavy (non-hydrogen) atoms. The average Bonchev–Trinajstić information content (AvgIpc) is 2.46. The zero-order chi connectivity index (χ0) is 13.8. The highest BCUT2D eigenvalue weighted by Gasteiger charge is 2.32. The number of nitrogens with two attached hydrogens (primary N) is 1. The van der Waals surface area contributed by atoms with Crippen LogP contribution in [0.25, 0.3) is 0 Å². The molecule has 2 unspecified atom stereocenters. The van der Waals surface area contributed by atoms with Gasteiger partial charge in [0.2, 0.25) is 0 Å². The van der Waals surface area contributed by atoms with Crippen LogP contribution in [0.2, 0.25) is 0 Å². The van der Waals surface area contributed by atoms with E-state index in [9.17, 15) is 9.18 Å². The fraction of sp³-hybridized carbons (Fsp3) is 0.533. The van der Waals surface area contributed by atoms with Crippen molar-refractivity contribution < 1.29 is 13.9 Å². The summed E-state index contributed by atoms with van der Waals surface area (Å²) in [6.45, 7) is 0.488. The molecule has 0 saturated heterocycles. The van der Waals surface area contributed by atoms with Crippen molar-refractivity contribution in [3.8, 4) is 5.75 Å². The highest BCUT2D eigenvalue weighted by atomic mass is 19.1. The maximum atomic E-state index is 14.1. The molecule has 0 bridgehead atoms. The minimum atomic E-state index is -0.559. The minimum absolute atomic E-state index is 0.117. The molecule has 0 radical (unpaired) electrons. The van der Waals surface area contributed by atoms with Gasteiger partial charge in [0.1, 0.15) is 0 Å². The van der Waals surface area contributed by atoms with Gasteiger partial charge in [0.15, 0.2) is 17.3 Å². The number of ketones is 1. The van der Waals surface area contributed by atoms with Crippen LogP contribution in [-0.2, 0) is 0 Å². The summed E-state index contributed by atoms with van der Waals surface area (Å²) in [5.41, 5.74) is 5.86. The number of hydrogen-bond donors (Lipinski definition) is 1. The van der Waals surface area contributed by atoms with Crippen molar-refractivity contribution >= 4 is 5.78 Å². The second-order valence-electron chi connectivity index (χ2n) is 5.07. The molecule has 1 aliphatic rings. The molecular weight excluding hydrogens is 245 g/mol. The number of Topliss-reactive ketones (excluding diaryl/α,β-unsaturated/α-hetero) is 1. The van der Waals surface area contributed by atoms with E-state index in [2.05, 4.69) is 0 Å². The van der Waals surface area contributed by atoms with E-state index in [-0.39, 0.29) is 28.9 Å². The molecule has 1 aromatic rings. The molecule has 4 heteroatoms. The van der Waals surface area contributed by atoms with Crippen LogP contribution in [0.4, 0.5) is 4.39 Å². The van der Waals surface area contributed by atoms with E-state index in [1.165, 1.54) is 19.2 Å². The summed E-state index contributed by atoms with van der Waals surface area (Å²) in [7, 11) is 1.40. The predicted molar refractivity (Wildman–Crippen MR) is 71.8 cm³/mol. The third-order valence-electron chi connectivity index (χ3n) is 4.00. The number of benzene rings is 1. The molecule has 2 atom stereocenters. The molecule has 104 valence electrons. The Morgan fingerprint density at radius 2 is 2.16 bits per heavy atom. The van der Waals surface area contributed by atoms with Crippen LogP contribution in [-0.4, -0.2) is 19.4 Å². The highest BCUT2D eigenvalue weighted by molar-refractivity contribution is 5.98. The summed E-state index contributed by atoms with van der Waals surface area (Å²) < 4.78 is 19.1. The van der Waals surface area contributed by atoms with Gasteiger partial charge in [-0.25, -0.2) is 4.39 Å². The standard InChI is InChI=1S/C15H20FNO2/c1-19-13-8-4-7-12(14(13)16)15(18)11-6-3-2-5-10(11)9-17/h4,7-8,10-11H,2-3,5-6,9,17H2,1H3. The molecule has 0 heterocycles. The average molecular weight is 265 g/mol. The van der Waals surface area contributed by atoms with Gasteiger partial charge in [-0.05, 0) is 37.4 Å². The van der Waals surface area contributed by atoms with Crippen LogP contribution in [0.3, 0.4) is 0 Å². The van der Waals surface area contributed by atoms with E-state index in [0.717, 1.165) is 25.7 Å². The number of hydrogen-bond acceptors (Lipinski definition) is 3. The fourth-order valence-electron chi connectivity index (χ4n) is 2.89. The normalized spacial score (nSPS) is 23.1. The second-order valence-corrected chi connectivity index (χ2v) is 5.07. The van der Waals surface area contributed by atoms with Crippen molar-refractivity contribution in [3.05, 3.63) is 29.6 Å². The van der Waals surface area contributed by atoms with E-state index < -0.39 is 5.82 Å². The van der Waals surface area contributed by atoms with Crippen molar-refractivity contribution in [2.24, 2.45) is 17.6 Å². The molecule has 0 aliphatic heterocycles. The van der Waals surface area contributed by atoms with Gasteiger partial charge in [-0.1, -0.05) is 18.9 Å². The van der Waals surface area contributed by atoms with Crippen molar-refractivity contribution in [1.29, 1.82) is 0 Å². The Labute approximate surface area is 112 Å². The van der Waals surface area contributed by atoms with Crippen LogP contribution < -0.4 is 10.5 Å². The van der Waals surface area contributed by atoms with Crippen LogP contribution >= 0.6 is 0 Å². The summed E-state index contributed by atoms with van der Waals surface area (Å²) in [5.74, 6) is -0.555. The Balaban J connectivity index is 2.28. The molecule has 2 N–H and O–H groups in total. The molecule has 3 nitrogen and oxygen atoms in total. The Hall–Kier alpha value is -1.42. The first-order chi connectivity index (χ1) is 9.19. The fourth-order valence-corrected chi connectivity index (χ4v) is 2.89. The first-order valence-corrected chi connectivity index (χ1v) is 6.75. The Bertz CT molecular complexity index is 461. The van der Waals surface area contributed by atoms with Gasteiger partial charge in [0.05, 0.1) is 12.7 Å². The first kappa shape index (κ1) is 14.0. The number of halogens is 1. The van der Waals surface area contributed by atoms with Crippen LogP contribution in [0, 0.1) is 17.7 Å². The van der Waals surface area contributed by atoms with E-state index in [0.29, 0.717) is 6.54 Å². The summed E-state index contributed by atoms with van der Waals surface area (Å²) in [5, 5.41) is 0. The molecule has 1 fully saturated rings. The van der Waals surface area contributed by atoms with Gasteiger partial charge in [0.25, 0.3) is 0 Å². The smallest absolute Gasteiger partial charge is 0.175 e. The molecular formula is C15H20FNO2. The largest absolute Gasteiger partial charge is 0.494 e. The lowest BCUT2D eigenvalue weighted by Gasteiger charge is -2.29. The Morgan fingerprint density at radius 3 is 2.84 bits per heavy atom. The van der Waals surface area contributed by atoms with Crippen LogP contribution in [0.15, 0.2) is 18.2 Å². The van der Waals surface area contributed by atoms with E-state index in [1.807, 2.05) is 0 Å². The lowest BCUT2D eigenvalue weighted by molar-refractivity contribution is 0.0824. The zero-order valence-corrected chi connectivity index (χ0v) is 11.2. The van der Waals surface area contributed by atoms with Crippen molar-refractivity contribution in [2.75, 3.05) is 13.7 Å². The number of rotatable bonds is 4. The highest BCUT2D eigenvalue weighted by Crippen LogP contribution is 2.33. The van der Waals surface area contributed by atoms with Gasteiger partial charge >= 0.3 is 0 Å². The molecule has 1 aromatic carbocycles. The number of ether oxygens (including phenoxy) is 1. The molecule has 0 spiro atoms. The molecule has 2 rings (SSSR count). The van der Waals surface area contributed by atoms with Crippen molar-refractivity contribution in [3.63, 3.8) is 0 Å². The summed E-state index contributed by atoms with van der Waals surface area (Å²) in [6.07, 6.45) is 3.88. The third-order valence-corrected chi connectivity index (χ3v) is 4.00. The molecule has 1 aliphatic carbocycles. The predicted octanol–water partition coefficient (Wildman–Crippen LogP) is 2.78. The Morgan fingerprint density at radius 1 is 1.42 bits per heavy atom. The minimum Gasteiger partial charge on any atom is -0.494 e. The number of carbonyl (C=O) groups excluding carboxylic acids is 1. The maximum absolute atomic E-state index is 14.1. The SMILES string of the molecule is COc1cccc(C(=O)C2CCCCC2CN)c1F. The van der Waals surface area contributed by atoms with Gasteiger partial charge in [-0.15, -0.1) is 0 Å². The first-order valence-electron chi connectivity index (χ1n) is 6.75. The second kappa shape index (κ2) is 6.15. The number of methoxy groups -OCH3 is 1. The van der Waals surface area contributed by atoms with Gasteiger partial charge in [0, 0.05) is 5.92 Å². The molecule has 0 amide bonds. The van der Waals surface area contributed by atoms with Crippen molar-refractivity contribution in [1.82, 2.24) is 0 Å². The lowest BCUT2D eigenvalue weighted by Crippen LogP contribution is -2.32. The van der Waals surface area contributed by atoms with E-state index >= 15 is 0 Å².